The van der Waals surface area contributed by atoms with Crippen molar-refractivity contribution in [2.75, 3.05) is 6.61 Å². The number of rotatable bonds is 17. The van der Waals surface area contributed by atoms with Crippen molar-refractivity contribution in [2.45, 2.75) is 90.9 Å². The van der Waals surface area contributed by atoms with Gasteiger partial charge in [-0.25, -0.2) is 4.79 Å². The molecule has 0 heterocycles. The Balaban J connectivity index is 0.00000217. The zero-order valence-corrected chi connectivity index (χ0v) is 22.1. The maximum atomic E-state index is 11.2. The predicted molar refractivity (Wildman–Crippen MR) is 142 cm³/mol. The van der Waals surface area contributed by atoms with E-state index in [2.05, 4.69) is 26.0 Å². The molecule has 0 unspecified atom stereocenters. The van der Waals surface area contributed by atoms with Gasteiger partial charge >= 0.3 is 18.1 Å². The van der Waals surface area contributed by atoms with Crippen molar-refractivity contribution in [1.82, 2.24) is 0 Å². The first-order chi connectivity index (χ1) is 17.9. The summed E-state index contributed by atoms with van der Waals surface area (Å²) in [6, 6.07) is 11.1. The fourth-order valence-corrected chi connectivity index (χ4v) is 4.22. The van der Waals surface area contributed by atoms with Crippen molar-refractivity contribution >= 4 is 18.1 Å². The summed E-state index contributed by atoms with van der Waals surface area (Å²) in [6.07, 6.45) is 12.0. The van der Waals surface area contributed by atoms with Crippen LogP contribution in [-0.2, 0) is 27.2 Å². The second kappa shape index (κ2) is 18.8. The van der Waals surface area contributed by atoms with E-state index in [9.17, 15) is 14.7 Å². The fraction of sp³-hybridized carbons (Fsp3) is 0.500. The topological polar surface area (TPSA) is 118 Å². The van der Waals surface area contributed by atoms with Gasteiger partial charge < -0.3 is 14.9 Å². The largest absolute Gasteiger partial charge is 0.493 e. The van der Waals surface area contributed by atoms with Crippen LogP contribution in [0.2, 0.25) is 0 Å². The molecule has 0 aliphatic carbocycles. The Kier molecular flexibility index (Phi) is 16.0. The van der Waals surface area contributed by atoms with Crippen LogP contribution in [0.4, 0.5) is 0 Å². The van der Waals surface area contributed by atoms with E-state index in [1.54, 1.807) is 12.1 Å². The summed E-state index contributed by atoms with van der Waals surface area (Å²) in [7, 11) is 0. The van der Waals surface area contributed by atoms with E-state index in [-0.39, 0.29) is 18.1 Å². The normalized spacial score (nSPS) is 10.2. The number of hydrogen-bond donors (Lipinski definition) is 2. The first-order valence-corrected chi connectivity index (χ1v) is 13.2. The molecule has 0 radical (unpaired) electrons. The summed E-state index contributed by atoms with van der Waals surface area (Å²) in [6.45, 7) is 5.04. The van der Waals surface area contributed by atoms with Crippen LogP contribution in [0, 0.1) is 0 Å². The molecule has 0 spiro atoms. The van der Waals surface area contributed by atoms with Crippen LogP contribution in [0.25, 0.3) is 11.1 Å². The summed E-state index contributed by atoms with van der Waals surface area (Å²) in [5.74, 6) is -0.828. The monoisotopic (exact) mass is 512 g/mol. The molecule has 0 bridgehead atoms. The van der Waals surface area contributed by atoms with E-state index >= 15 is 0 Å². The third kappa shape index (κ3) is 12.4. The minimum absolute atomic E-state index is 0.123. The van der Waals surface area contributed by atoms with E-state index in [0.29, 0.717) is 19.4 Å². The number of aliphatic carboxylic acids is 1. The van der Waals surface area contributed by atoms with E-state index in [1.165, 1.54) is 32.1 Å². The van der Waals surface area contributed by atoms with Crippen molar-refractivity contribution in [2.24, 2.45) is 0 Å². The second-order valence-corrected chi connectivity index (χ2v) is 9.06. The minimum atomic E-state index is -0.943. The van der Waals surface area contributed by atoms with Gasteiger partial charge in [-0.3, -0.25) is 4.79 Å². The van der Waals surface area contributed by atoms with Gasteiger partial charge in [0.15, 0.2) is 0 Å². The molecule has 7 heteroatoms. The van der Waals surface area contributed by atoms with Crippen molar-refractivity contribution in [1.29, 1.82) is 0 Å². The van der Waals surface area contributed by atoms with Gasteiger partial charge in [-0.1, -0.05) is 70.9 Å². The quantitative estimate of drug-likeness (QED) is 0.220. The van der Waals surface area contributed by atoms with Gasteiger partial charge in [0.2, 0.25) is 0 Å². The first kappa shape index (κ1) is 31.6. The maximum Gasteiger partial charge on any atom is 0.373 e. The first-order valence-electron chi connectivity index (χ1n) is 13.2. The van der Waals surface area contributed by atoms with Gasteiger partial charge in [0.1, 0.15) is 5.75 Å². The minimum Gasteiger partial charge on any atom is -0.493 e. The third-order valence-electron chi connectivity index (χ3n) is 6.06. The molecule has 0 saturated carbocycles. The number of hydrogen-bond acceptors (Lipinski definition) is 5. The number of aromatic carboxylic acids is 1. The zero-order chi connectivity index (χ0) is 27.5. The van der Waals surface area contributed by atoms with E-state index < -0.39 is 11.9 Å². The summed E-state index contributed by atoms with van der Waals surface area (Å²) in [5.41, 5.74) is 4.38. The van der Waals surface area contributed by atoms with Gasteiger partial charge in [0, 0.05) is 6.42 Å². The van der Waals surface area contributed by atoms with Crippen LogP contribution in [0.3, 0.4) is 0 Å². The van der Waals surface area contributed by atoms with E-state index in [0.717, 1.165) is 53.7 Å². The standard InChI is InChI=1S/C29H40O5.CO2/c1-3-5-6-7-8-9-10-19-34-28-24(12-4-2)20-26(21-25(28)13-11-14-27(30)31)22-15-17-23(18-16-22)29(32)33;2-1-3/h15-18,20-21H,3-14,19H2,1-2H3,(H,30,31)(H,32,33);. The number of ether oxygens (including phenoxy) is 1. The van der Waals surface area contributed by atoms with Crippen LogP contribution in [-0.4, -0.2) is 34.9 Å². The van der Waals surface area contributed by atoms with Crippen molar-refractivity contribution in [3.8, 4) is 16.9 Å². The lowest BCUT2D eigenvalue weighted by molar-refractivity contribution is -0.191. The van der Waals surface area contributed by atoms with E-state index in [1.807, 2.05) is 12.1 Å². The number of carbonyl (C=O) groups is 2. The number of carboxylic acids is 2. The highest BCUT2D eigenvalue weighted by Gasteiger charge is 2.14. The molecule has 37 heavy (non-hydrogen) atoms. The number of aryl methyl sites for hydroxylation is 2. The Bertz CT molecular complexity index is 990. The van der Waals surface area contributed by atoms with E-state index in [4.69, 9.17) is 19.4 Å². The zero-order valence-electron chi connectivity index (χ0n) is 22.1. The predicted octanol–water partition coefficient (Wildman–Crippen LogP) is 6.96. The molecule has 0 aromatic heterocycles. The maximum absolute atomic E-state index is 11.2. The Morgan fingerprint density at radius 3 is 1.86 bits per heavy atom. The van der Waals surface area contributed by atoms with Gasteiger partial charge in [0.25, 0.3) is 0 Å². The van der Waals surface area contributed by atoms with Gasteiger partial charge in [-0.15, -0.1) is 0 Å². The summed E-state index contributed by atoms with van der Waals surface area (Å²) >= 11 is 0. The number of carbonyl (C=O) groups excluding carboxylic acids is 2. The second-order valence-electron chi connectivity index (χ2n) is 9.06. The Morgan fingerprint density at radius 1 is 0.757 bits per heavy atom. The highest BCUT2D eigenvalue weighted by atomic mass is 16.5. The lowest BCUT2D eigenvalue weighted by Gasteiger charge is -2.18. The number of carboxylic acid groups (broad SMARTS) is 2. The third-order valence-corrected chi connectivity index (χ3v) is 6.06. The van der Waals surface area contributed by atoms with Gasteiger partial charge in [-0.2, -0.15) is 9.59 Å². The molecule has 2 rings (SSSR count). The molecule has 2 aromatic rings. The molecule has 0 saturated heterocycles. The number of benzene rings is 2. The summed E-state index contributed by atoms with van der Waals surface area (Å²) in [4.78, 5) is 38.5. The van der Waals surface area contributed by atoms with Crippen LogP contribution < -0.4 is 4.74 Å². The average molecular weight is 513 g/mol. The Hall–Kier alpha value is -3.44. The van der Waals surface area contributed by atoms with Crippen LogP contribution in [0.15, 0.2) is 36.4 Å². The molecule has 7 nitrogen and oxygen atoms in total. The van der Waals surface area contributed by atoms with Crippen molar-refractivity contribution in [3.63, 3.8) is 0 Å². The molecule has 2 N–H and O–H groups in total. The fourth-order valence-electron chi connectivity index (χ4n) is 4.22. The molecular formula is C30H40O7. The number of unbranched alkanes of at least 4 members (excludes halogenated alkanes) is 6. The molecule has 0 aliphatic rings. The average Bonchev–Trinajstić information content (AvgIpc) is 2.87. The van der Waals surface area contributed by atoms with Gasteiger partial charge in [-0.05, 0) is 72.2 Å². The molecule has 202 valence electrons. The molecule has 0 aliphatic heterocycles. The molecule has 0 atom stereocenters. The molecule has 0 amide bonds. The lowest BCUT2D eigenvalue weighted by atomic mass is 9.94. The smallest absolute Gasteiger partial charge is 0.373 e. The van der Waals surface area contributed by atoms with Crippen molar-refractivity contribution < 1.29 is 34.1 Å². The molecular weight excluding hydrogens is 472 g/mol. The lowest BCUT2D eigenvalue weighted by Crippen LogP contribution is -2.06. The summed E-state index contributed by atoms with van der Waals surface area (Å²) in [5, 5.41) is 18.3. The SMILES string of the molecule is CCCCCCCCCOc1c(CCC)cc(-c2ccc(C(=O)O)cc2)cc1CCCC(=O)O.O=C=O. The summed E-state index contributed by atoms with van der Waals surface area (Å²) < 4.78 is 6.32. The Morgan fingerprint density at radius 2 is 1.32 bits per heavy atom. The Labute approximate surface area is 219 Å². The highest BCUT2D eigenvalue weighted by Crippen LogP contribution is 2.33. The van der Waals surface area contributed by atoms with Gasteiger partial charge in [0.05, 0.1) is 12.2 Å². The molecule has 0 fully saturated rings. The van der Waals surface area contributed by atoms with Crippen LogP contribution in [0.1, 0.15) is 99.5 Å². The van der Waals surface area contributed by atoms with Crippen LogP contribution >= 0.6 is 0 Å². The highest BCUT2D eigenvalue weighted by molar-refractivity contribution is 5.88. The molecule has 2 aromatic carbocycles. The van der Waals surface area contributed by atoms with Crippen molar-refractivity contribution in [3.05, 3.63) is 53.1 Å². The van der Waals surface area contributed by atoms with Crippen LogP contribution in [0.5, 0.6) is 5.75 Å².